The quantitative estimate of drug-likeness (QED) is 0.635. The van der Waals surface area contributed by atoms with Crippen molar-refractivity contribution in [1.29, 1.82) is 0 Å². The van der Waals surface area contributed by atoms with E-state index in [9.17, 15) is 14.9 Å². The molecule has 0 spiro atoms. The fourth-order valence-corrected chi connectivity index (χ4v) is 2.87. The molecule has 2 rings (SSSR count). The van der Waals surface area contributed by atoms with Gasteiger partial charge in [0.1, 0.15) is 0 Å². The third-order valence-corrected chi connectivity index (χ3v) is 4.15. The summed E-state index contributed by atoms with van der Waals surface area (Å²) in [7, 11) is 0. The molecule has 0 radical (unpaired) electrons. The third kappa shape index (κ3) is 3.34. The average molecular weight is 356 g/mol. The summed E-state index contributed by atoms with van der Waals surface area (Å²) in [4.78, 5) is 22.1. The molecule has 3 N–H and O–H groups in total. The minimum atomic E-state index is -0.455. The Balaban J connectivity index is 2.06. The number of amides is 1. The van der Waals surface area contributed by atoms with Crippen LogP contribution in [0.4, 0.5) is 11.4 Å². The maximum Gasteiger partial charge on any atom is 0.270 e. The van der Waals surface area contributed by atoms with Gasteiger partial charge in [-0.2, -0.15) is 0 Å². The van der Waals surface area contributed by atoms with Crippen molar-refractivity contribution in [2.45, 2.75) is 6.54 Å². The molecule has 0 aliphatic carbocycles. The van der Waals surface area contributed by atoms with E-state index in [-0.39, 0.29) is 5.69 Å². The Morgan fingerprint density at radius 2 is 2.20 bits per heavy atom. The van der Waals surface area contributed by atoms with E-state index in [1.807, 2.05) is 0 Å². The summed E-state index contributed by atoms with van der Waals surface area (Å²) >= 11 is 4.70. The second kappa shape index (κ2) is 6.02. The first-order valence-electron chi connectivity index (χ1n) is 5.52. The van der Waals surface area contributed by atoms with E-state index in [0.717, 1.165) is 10.6 Å². The summed E-state index contributed by atoms with van der Waals surface area (Å²) < 4.78 is 0.610. The zero-order valence-corrected chi connectivity index (χ0v) is 12.5. The number of primary amides is 1. The number of benzene rings is 1. The minimum absolute atomic E-state index is 0.0227. The summed E-state index contributed by atoms with van der Waals surface area (Å²) in [6.45, 7) is 0.508. The number of nitrogens with two attached hydrogens (primary N) is 1. The van der Waals surface area contributed by atoms with Gasteiger partial charge in [0.05, 0.1) is 10.5 Å². The number of carbonyl (C=O) groups excluding carboxylic acids is 1. The maximum atomic E-state index is 11.0. The lowest BCUT2D eigenvalue weighted by atomic mass is 10.2. The molecule has 1 amide bonds. The second-order valence-electron chi connectivity index (χ2n) is 3.94. The summed E-state index contributed by atoms with van der Waals surface area (Å²) in [5.74, 6) is -0.455. The number of nitrogens with zero attached hydrogens (tertiary/aromatic N) is 1. The zero-order chi connectivity index (χ0) is 14.7. The van der Waals surface area contributed by atoms with E-state index in [2.05, 4.69) is 21.2 Å². The number of nitrogens with one attached hydrogen (secondary N) is 1. The average Bonchev–Trinajstić information content (AvgIpc) is 2.86. The number of hydrogen-bond donors (Lipinski definition) is 2. The molecule has 1 heterocycles. The molecule has 0 saturated heterocycles. The number of hydrogen-bond acceptors (Lipinski definition) is 5. The van der Waals surface area contributed by atoms with E-state index >= 15 is 0 Å². The van der Waals surface area contributed by atoms with Gasteiger partial charge >= 0.3 is 0 Å². The van der Waals surface area contributed by atoms with Crippen molar-refractivity contribution in [1.82, 2.24) is 0 Å². The maximum absolute atomic E-state index is 11.0. The van der Waals surface area contributed by atoms with Crippen LogP contribution in [0.3, 0.4) is 0 Å². The van der Waals surface area contributed by atoms with Crippen molar-refractivity contribution in [3.8, 4) is 0 Å². The molecule has 0 aliphatic heterocycles. The Labute approximate surface area is 126 Å². The van der Waals surface area contributed by atoms with E-state index in [4.69, 9.17) is 5.73 Å². The lowest BCUT2D eigenvalue weighted by Gasteiger charge is -2.06. The Hall–Kier alpha value is -1.93. The minimum Gasteiger partial charge on any atom is -0.379 e. The van der Waals surface area contributed by atoms with Gasteiger partial charge in [-0.1, -0.05) is 0 Å². The highest BCUT2D eigenvalue weighted by Crippen LogP contribution is 2.28. The summed E-state index contributed by atoms with van der Waals surface area (Å²) in [6, 6.07) is 6.21. The van der Waals surface area contributed by atoms with Crippen LogP contribution in [0, 0.1) is 10.1 Å². The van der Waals surface area contributed by atoms with Crippen LogP contribution >= 0.6 is 27.3 Å². The van der Waals surface area contributed by atoms with E-state index < -0.39 is 10.8 Å². The molecule has 0 saturated carbocycles. The Morgan fingerprint density at radius 1 is 1.45 bits per heavy atom. The molecule has 0 unspecified atom stereocenters. The van der Waals surface area contributed by atoms with Crippen LogP contribution in [-0.2, 0) is 6.54 Å². The summed E-state index contributed by atoms with van der Waals surface area (Å²) in [5, 5.41) is 15.5. The van der Waals surface area contributed by atoms with Gasteiger partial charge in [0, 0.05) is 39.1 Å². The number of anilines is 1. The van der Waals surface area contributed by atoms with E-state index in [1.54, 1.807) is 17.5 Å². The summed E-state index contributed by atoms with van der Waals surface area (Å²) in [5.41, 5.74) is 6.42. The number of carbonyl (C=O) groups is 1. The van der Waals surface area contributed by atoms with Gasteiger partial charge in [-0.3, -0.25) is 14.9 Å². The van der Waals surface area contributed by atoms with E-state index in [1.165, 1.54) is 23.5 Å². The van der Waals surface area contributed by atoms with E-state index in [0.29, 0.717) is 16.6 Å². The predicted molar refractivity (Wildman–Crippen MR) is 81.0 cm³/mol. The number of nitro groups is 1. The standard InChI is InChI=1S/C12H10BrN3O3S/c13-10-4-8(16(18)19)1-2-11(10)15-5-9-3-7(6-20-9)12(14)17/h1-4,6,15H,5H2,(H2,14,17). The van der Waals surface area contributed by atoms with Crippen molar-refractivity contribution in [3.05, 3.63) is 54.7 Å². The molecule has 2 aromatic rings. The van der Waals surface area contributed by atoms with Crippen LogP contribution in [0.5, 0.6) is 0 Å². The second-order valence-corrected chi connectivity index (χ2v) is 5.79. The molecular weight excluding hydrogens is 346 g/mol. The summed E-state index contributed by atoms with van der Waals surface area (Å²) in [6.07, 6.45) is 0. The molecular formula is C12H10BrN3O3S. The van der Waals surface area contributed by atoms with Crippen molar-refractivity contribution >= 4 is 44.5 Å². The van der Waals surface area contributed by atoms with Gasteiger partial charge in [-0.15, -0.1) is 11.3 Å². The first-order chi connectivity index (χ1) is 9.47. The predicted octanol–water partition coefficient (Wildman–Crippen LogP) is 3.13. The molecule has 0 atom stereocenters. The SMILES string of the molecule is NC(=O)c1csc(CNc2ccc([N+](=O)[O-])cc2Br)c1. The molecule has 1 aromatic heterocycles. The van der Waals surface area contributed by atoms with Gasteiger partial charge < -0.3 is 11.1 Å². The lowest BCUT2D eigenvalue weighted by Crippen LogP contribution is -2.09. The first-order valence-corrected chi connectivity index (χ1v) is 7.19. The highest BCUT2D eigenvalue weighted by molar-refractivity contribution is 9.10. The number of non-ortho nitro benzene ring substituents is 1. The molecule has 6 nitrogen and oxygen atoms in total. The van der Waals surface area contributed by atoms with Gasteiger partial charge in [-0.05, 0) is 28.1 Å². The molecule has 8 heteroatoms. The van der Waals surface area contributed by atoms with Crippen LogP contribution in [0.15, 0.2) is 34.1 Å². The van der Waals surface area contributed by atoms with Gasteiger partial charge in [0.25, 0.3) is 5.69 Å². The van der Waals surface area contributed by atoms with Crippen LogP contribution in [0.2, 0.25) is 0 Å². The van der Waals surface area contributed by atoms with Crippen LogP contribution in [0.1, 0.15) is 15.2 Å². The molecule has 0 bridgehead atoms. The van der Waals surface area contributed by atoms with Crippen molar-refractivity contribution in [2.24, 2.45) is 5.73 Å². The Kier molecular flexibility index (Phi) is 4.35. The highest BCUT2D eigenvalue weighted by atomic mass is 79.9. The third-order valence-electron chi connectivity index (χ3n) is 2.55. The largest absolute Gasteiger partial charge is 0.379 e. The monoisotopic (exact) mass is 355 g/mol. The zero-order valence-electron chi connectivity index (χ0n) is 10.1. The number of nitro benzene ring substituents is 1. The highest BCUT2D eigenvalue weighted by Gasteiger charge is 2.09. The molecule has 0 fully saturated rings. The topological polar surface area (TPSA) is 98.3 Å². The smallest absolute Gasteiger partial charge is 0.270 e. The number of rotatable bonds is 5. The van der Waals surface area contributed by atoms with Crippen LogP contribution < -0.4 is 11.1 Å². The Bertz CT molecular complexity index is 672. The molecule has 104 valence electrons. The van der Waals surface area contributed by atoms with Crippen LogP contribution in [0.25, 0.3) is 0 Å². The van der Waals surface area contributed by atoms with Gasteiger partial charge in [-0.25, -0.2) is 0 Å². The fraction of sp³-hybridized carbons (Fsp3) is 0.0833. The normalized spacial score (nSPS) is 10.2. The van der Waals surface area contributed by atoms with Crippen LogP contribution in [-0.4, -0.2) is 10.8 Å². The fourth-order valence-electron chi connectivity index (χ4n) is 1.55. The van der Waals surface area contributed by atoms with Crippen molar-refractivity contribution in [2.75, 3.05) is 5.32 Å². The molecule has 20 heavy (non-hydrogen) atoms. The first kappa shape index (κ1) is 14.5. The van der Waals surface area contributed by atoms with Crippen molar-refractivity contribution in [3.63, 3.8) is 0 Å². The molecule has 1 aromatic carbocycles. The van der Waals surface area contributed by atoms with Gasteiger partial charge in [0.15, 0.2) is 0 Å². The number of thiophene rings is 1. The molecule has 0 aliphatic rings. The number of halogens is 1. The Morgan fingerprint density at radius 3 is 2.75 bits per heavy atom. The van der Waals surface area contributed by atoms with Gasteiger partial charge in [0.2, 0.25) is 5.91 Å². The lowest BCUT2D eigenvalue weighted by molar-refractivity contribution is -0.384. The van der Waals surface area contributed by atoms with Crippen molar-refractivity contribution < 1.29 is 9.72 Å².